The summed E-state index contributed by atoms with van der Waals surface area (Å²) in [5.41, 5.74) is 1.46. The fourth-order valence-electron chi connectivity index (χ4n) is 2.97. The van der Waals surface area contributed by atoms with Gasteiger partial charge in [-0.05, 0) is 44.7 Å². The Balaban J connectivity index is 2.65. The van der Waals surface area contributed by atoms with E-state index in [-0.39, 0.29) is 6.42 Å². The number of amides is 1. The van der Waals surface area contributed by atoms with E-state index in [2.05, 4.69) is 12.2 Å². The highest BCUT2D eigenvalue weighted by Gasteiger charge is 2.24. The molecule has 0 saturated heterocycles. The van der Waals surface area contributed by atoms with Crippen LogP contribution in [0.25, 0.3) is 0 Å². The Kier molecular flexibility index (Phi) is 9.90. The largest absolute Gasteiger partial charge is 0.480 e. The smallest absolute Gasteiger partial charge is 0.408 e. The van der Waals surface area contributed by atoms with Gasteiger partial charge in [-0.3, -0.25) is 0 Å². The molecule has 5 heteroatoms. The van der Waals surface area contributed by atoms with E-state index >= 15 is 0 Å². The minimum Gasteiger partial charge on any atom is -0.480 e. The van der Waals surface area contributed by atoms with Crippen molar-refractivity contribution in [2.24, 2.45) is 0 Å². The molecule has 1 amide bonds. The quantitative estimate of drug-likeness (QED) is 0.525. The minimum absolute atomic E-state index is 0.251. The molecule has 0 aliphatic carbocycles. The molecule has 0 heterocycles. The van der Waals surface area contributed by atoms with E-state index in [0.717, 1.165) is 24.0 Å². The summed E-state index contributed by atoms with van der Waals surface area (Å²) in [6.07, 6.45) is 7.81. The summed E-state index contributed by atoms with van der Waals surface area (Å²) in [6.45, 7) is 7.45. The number of nitrogens with one attached hydrogen (secondary N) is 1. The maximum absolute atomic E-state index is 11.9. The summed E-state index contributed by atoms with van der Waals surface area (Å²) in [5, 5.41) is 12.0. The highest BCUT2D eigenvalue weighted by Crippen LogP contribution is 2.16. The van der Waals surface area contributed by atoms with Crippen molar-refractivity contribution in [1.29, 1.82) is 0 Å². The zero-order chi connectivity index (χ0) is 20.3. The zero-order valence-corrected chi connectivity index (χ0v) is 17.2. The number of aryl methyl sites for hydroxylation is 1. The molecule has 0 bridgehead atoms. The van der Waals surface area contributed by atoms with Crippen LogP contribution < -0.4 is 5.32 Å². The predicted octanol–water partition coefficient (Wildman–Crippen LogP) is 5.11. The van der Waals surface area contributed by atoms with Crippen LogP contribution in [0.1, 0.15) is 77.3 Å². The number of rotatable bonds is 11. The third kappa shape index (κ3) is 10.0. The molecule has 5 nitrogen and oxygen atoms in total. The molecule has 1 atom stereocenters. The fourth-order valence-corrected chi connectivity index (χ4v) is 2.97. The van der Waals surface area contributed by atoms with E-state index in [0.29, 0.717) is 0 Å². The van der Waals surface area contributed by atoms with Gasteiger partial charge in [-0.2, -0.15) is 0 Å². The molecule has 0 spiro atoms. The summed E-state index contributed by atoms with van der Waals surface area (Å²) in [4.78, 5) is 23.6. The van der Waals surface area contributed by atoms with Crippen LogP contribution in [-0.2, 0) is 22.4 Å². The van der Waals surface area contributed by atoms with Crippen molar-refractivity contribution in [1.82, 2.24) is 5.32 Å². The van der Waals surface area contributed by atoms with Gasteiger partial charge in [0.15, 0.2) is 0 Å². The maximum Gasteiger partial charge on any atom is 0.408 e. The van der Waals surface area contributed by atoms with Crippen LogP contribution in [0.4, 0.5) is 4.79 Å². The number of benzene rings is 1. The number of unbranched alkanes of at least 4 members (excludes halogenated alkanes) is 5. The first kappa shape index (κ1) is 23.0. The Labute approximate surface area is 163 Å². The lowest BCUT2D eigenvalue weighted by Gasteiger charge is -2.22. The molecule has 2 N–H and O–H groups in total. The Morgan fingerprint density at radius 2 is 1.63 bits per heavy atom. The van der Waals surface area contributed by atoms with Gasteiger partial charge in [0.05, 0.1) is 0 Å². The molecule has 0 unspecified atom stereocenters. The number of hydrogen-bond acceptors (Lipinski definition) is 3. The second-order valence-corrected chi connectivity index (χ2v) is 8.03. The van der Waals surface area contributed by atoms with Gasteiger partial charge in [-0.25, -0.2) is 9.59 Å². The maximum atomic E-state index is 11.9. The molecular formula is C22H35NO4. The first-order chi connectivity index (χ1) is 12.7. The van der Waals surface area contributed by atoms with Crippen molar-refractivity contribution in [3.05, 3.63) is 35.4 Å². The molecule has 0 radical (unpaired) electrons. The Bertz CT molecular complexity index is 592. The molecule has 0 aliphatic heterocycles. The van der Waals surface area contributed by atoms with E-state index in [4.69, 9.17) is 4.74 Å². The van der Waals surface area contributed by atoms with Gasteiger partial charge in [0, 0.05) is 6.42 Å². The molecule has 1 aromatic carbocycles. The van der Waals surface area contributed by atoms with Crippen molar-refractivity contribution >= 4 is 12.1 Å². The molecule has 0 aromatic heterocycles. The molecule has 152 valence electrons. The first-order valence-corrected chi connectivity index (χ1v) is 10.0. The van der Waals surface area contributed by atoms with Crippen LogP contribution >= 0.6 is 0 Å². The normalized spacial score (nSPS) is 12.4. The summed E-state index contributed by atoms with van der Waals surface area (Å²) >= 11 is 0. The van der Waals surface area contributed by atoms with Crippen molar-refractivity contribution in [3.63, 3.8) is 0 Å². The van der Waals surface area contributed by atoms with Crippen LogP contribution in [-0.4, -0.2) is 28.8 Å². The number of carboxylic acid groups (broad SMARTS) is 1. The molecule has 0 saturated carbocycles. The fraction of sp³-hybridized carbons (Fsp3) is 0.636. The Morgan fingerprint density at radius 1 is 1.04 bits per heavy atom. The van der Waals surface area contributed by atoms with E-state index in [9.17, 15) is 14.7 Å². The third-order valence-electron chi connectivity index (χ3n) is 4.33. The van der Waals surface area contributed by atoms with Crippen molar-refractivity contribution < 1.29 is 19.4 Å². The number of aliphatic carboxylic acids is 1. The van der Waals surface area contributed by atoms with Gasteiger partial charge in [-0.15, -0.1) is 0 Å². The van der Waals surface area contributed by atoms with Gasteiger partial charge in [-0.1, -0.05) is 63.3 Å². The Morgan fingerprint density at radius 3 is 2.22 bits per heavy atom. The lowest BCUT2D eigenvalue weighted by Crippen LogP contribution is -2.44. The number of hydrogen-bond donors (Lipinski definition) is 2. The second-order valence-electron chi connectivity index (χ2n) is 8.03. The molecule has 1 aromatic rings. The van der Waals surface area contributed by atoms with Crippen LogP contribution in [0, 0.1) is 0 Å². The summed E-state index contributed by atoms with van der Waals surface area (Å²) in [5.74, 6) is -1.06. The van der Waals surface area contributed by atoms with Crippen molar-refractivity contribution in [2.75, 3.05) is 0 Å². The average Bonchev–Trinajstić information content (AvgIpc) is 2.57. The SMILES string of the molecule is CCCCCCCCc1ccccc1C[C@H](NC(=O)OC(C)(C)C)C(=O)O. The van der Waals surface area contributed by atoms with Crippen molar-refractivity contribution in [3.8, 4) is 0 Å². The topological polar surface area (TPSA) is 75.6 Å². The second kappa shape index (κ2) is 11.6. The average molecular weight is 378 g/mol. The highest BCUT2D eigenvalue weighted by molar-refractivity contribution is 5.80. The molecule has 27 heavy (non-hydrogen) atoms. The number of carbonyl (C=O) groups excluding carboxylic acids is 1. The minimum atomic E-state index is -1.06. The van der Waals surface area contributed by atoms with Crippen LogP contribution in [0.3, 0.4) is 0 Å². The van der Waals surface area contributed by atoms with Gasteiger partial charge >= 0.3 is 12.1 Å². The van der Waals surface area contributed by atoms with Gasteiger partial charge in [0.25, 0.3) is 0 Å². The molecular weight excluding hydrogens is 342 g/mol. The van der Waals surface area contributed by atoms with Crippen LogP contribution in [0.5, 0.6) is 0 Å². The van der Waals surface area contributed by atoms with Crippen molar-refractivity contribution in [2.45, 2.75) is 90.7 Å². The highest BCUT2D eigenvalue weighted by atomic mass is 16.6. The first-order valence-electron chi connectivity index (χ1n) is 10.0. The molecule has 1 rings (SSSR count). The van der Waals surface area contributed by atoms with E-state index < -0.39 is 23.7 Å². The molecule has 0 fully saturated rings. The zero-order valence-electron chi connectivity index (χ0n) is 17.2. The van der Waals surface area contributed by atoms with E-state index in [1.165, 1.54) is 32.1 Å². The summed E-state index contributed by atoms with van der Waals surface area (Å²) in [6, 6.07) is 6.87. The predicted molar refractivity (Wildman–Crippen MR) is 108 cm³/mol. The van der Waals surface area contributed by atoms with Gasteiger partial charge in [0.1, 0.15) is 11.6 Å². The van der Waals surface area contributed by atoms with Crippen LogP contribution in [0.15, 0.2) is 24.3 Å². The van der Waals surface area contributed by atoms with Gasteiger partial charge < -0.3 is 15.2 Å². The monoisotopic (exact) mass is 377 g/mol. The Hall–Kier alpha value is -2.04. The van der Waals surface area contributed by atoms with Gasteiger partial charge in [0.2, 0.25) is 0 Å². The van der Waals surface area contributed by atoms with Crippen LogP contribution in [0.2, 0.25) is 0 Å². The van der Waals surface area contributed by atoms with E-state index in [1.807, 2.05) is 24.3 Å². The lowest BCUT2D eigenvalue weighted by molar-refractivity contribution is -0.139. The number of ether oxygens (including phenoxy) is 1. The number of alkyl carbamates (subject to hydrolysis) is 1. The number of carboxylic acids is 1. The molecule has 0 aliphatic rings. The standard InChI is InChI=1S/C22H35NO4/c1-5-6-7-8-9-10-13-17-14-11-12-15-18(17)16-19(20(24)25)23-21(26)27-22(2,3)4/h11-12,14-15,19H,5-10,13,16H2,1-4H3,(H,23,26)(H,24,25)/t19-/m0/s1. The summed E-state index contributed by atoms with van der Waals surface area (Å²) < 4.78 is 5.18. The third-order valence-corrected chi connectivity index (χ3v) is 4.33. The van der Waals surface area contributed by atoms with E-state index in [1.54, 1.807) is 20.8 Å². The lowest BCUT2D eigenvalue weighted by atomic mass is 9.96. The number of carbonyl (C=O) groups is 2. The summed E-state index contributed by atoms with van der Waals surface area (Å²) in [7, 11) is 0.